The van der Waals surface area contributed by atoms with Crippen molar-refractivity contribution in [2.75, 3.05) is 7.05 Å². The number of esters is 2. The second kappa shape index (κ2) is 16.2. The van der Waals surface area contributed by atoms with Gasteiger partial charge >= 0.3 is 11.9 Å². The molecule has 4 heterocycles. The highest BCUT2D eigenvalue weighted by Gasteiger charge is 2.43. The molecule has 4 rings (SSSR count). The predicted octanol–water partition coefficient (Wildman–Crippen LogP) is 6.12. The SMILES string of the molecule is CCC[C@H](C[C@@H]1CC[C@H]([C@@H](C)[C@H]2C[C@@H]3CC[C@@H](O3)[C@H](CC)C(=O)O[C@@H](CCC)C[C@@H]3CC[C@@H](O3)[C@H](C)C(=O)O2)O1)NC. The Balaban J connectivity index is 1.49. The van der Waals surface area contributed by atoms with Crippen LogP contribution < -0.4 is 5.32 Å². The first-order chi connectivity index (χ1) is 20.3. The zero-order valence-corrected chi connectivity index (χ0v) is 27.2. The van der Waals surface area contributed by atoms with Crippen molar-refractivity contribution >= 4 is 11.9 Å². The van der Waals surface area contributed by atoms with Crippen molar-refractivity contribution in [2.24, 2.45) is 17.8 Å². The maximum atomic E-state index is 13.6. The smallest absolute Gasteiger partial charge is 0.311 e. The molecule has 0 aromatic rings. The summed E-state index contributed by atoms with van der Waals surface area (Å²) in [6.07, 6.45) is 11.8. The standard InChI is InChI=1S/C34H59NO7/c1-7-10-23(35-6)18-25-12-15-29(38-25)21(4)32-20-27-14-17-31(40-27)28(9-3)34(37)41-24(11-8-2)19-26-13-16-30(39-26)22(5)33(36)42-32/h21-32,35H,7-20H2,1-6H3/t21-,22+,23-,24+,25+,26+,27+,28+,29-,30-,31-,32-/m1/s1. The Morgan fingerprint density at radius 2 is 1.50 bits per heavy atom. The Hall–Kier alpha value is -1.22. The van der Waals surface area contributed by atoms with Crippen LogP contribution in [0.2, 0.25) is 0 Å². The maximum Gasteiger partial charge on any atom is 0.311 e. The van der Waals surface area contributed by atoms with E-state index in [1.165, 1.54) is 0 Å². The van der Waals surface area contributed by atoms with Crippen LogP contribution in [0.25, 0.3) is 0 Å². The molecule has 42 heavy (non-hydrogen) atoms. The zero-order valence-electron chi connectivity index (χ0n) is 27.2. The second-order valence-electron chi connectivity index (χ2n) is 13.6. The predicted molar refractivity (Wildman–Crippen MR) is 162 cm³/mol. The third-order valence-corrected chi connectivity index (χ3v) is 10.5. The summed E-state index contributed by atoms with van der Waals surface area (Å²) in [4.78, 5) is 27.0. The Labute approximate surface area is 254 Å². The fourth-order valence-corrected chi connectivity index (χ4v) is 7.77. The van der Waals surface area contributed by atoms with Gasteiger partial charge < -0.3 is 29.0 Å². The molecular formula is C34H59NO7. The fraction of sp³-hybridized carbons (Fsp3) is 0.941. The summed E-state index contributed by atoms with van der Waals surface area (Å²) < 4.78 is 32.0. The van der Waals surface area contributed by atoms with E-state index in [1.54, 1.807) is 0 Å². The minimum Gasteiger partial charge on any atom is -0.462 e. The lowest BCUT2D eigenvalue weighted by molar-refractivity contribution is -0.169. The monoisotopic (exact) mass is 593 g/mol. The van der Waals surface area contributed by atoms with E-state index >= 15 is 0 Å². The van der Waals surface area contributed by atoms with Gasteiger partial charge in [0, 0.05) is 24.8 Å². The molecule has 4 aliphatic rings. The summed E-state index contributed by atoms with van der Waals surface area (Å²) in [7, 11) is 2.03. The fourth-order valence-electron chi connectivity index (χ4n) is 7.77. The van der Waals surface area contributed by atoms with E-state index in [0.717, 1.165) is 70.6 Å². The summed E-state index contributed by atoms with van der Waals surface area (Å²) >= 11 is 0. The lowest BCUT2D eigenvalue weighted by Crippen LogP contribution is -2.40. The summed E-state index contributed by atoms with van der Waals surface area (Å²) in [5, 5.41) is 3.45. The van der Waals surface area contributed by atoms with Gasteiger partial charge in [-0.2, -0.15) is 0 Å². The van der Waals surface area contributed by atoms with Gasteiger partial charge in [0.15, 0.2) is 0 Å². The van der Waals surface area contributed by atoms with Crippen molar-refractivity contribution in [1.82, 2.24) is 5.32 Å². The average molecular weight is 594 g/mol. The van der Waals surface area contributed by atoms with Crippen molar-refractivity contribution in [2.45, 2.75) is 179 Å². The van der Waals surface area contributed by atoms with Crippen LogP contribution >= 0.6 is 0 Å². The number of cyclic esters (lactones) is 2. The van der Waals surface area contributed by atoms with Gasteiger partial charge in [-0.15, -0.1) is 0 Å². The molecule has 12 atom stereocenters. The van der Waals surface area contributed by atoms with Crippen molar-refractivity contribution in [1.29, 1.82) is 0 Å². The number of nitrogens with one attached hydrogen (secondary N) is 1. The molecule has 0 saturated carbocycles. The maximum absolute atomic E-state index is 13.6. The van der Waals surface area contributed by atoms with Gasteiger partial charge in [-0.25, -0.2) is 0 Å². The van der Waals surface area contributed by atoms with Gasteiger partial charge in [0.25, 0.3) is 0 Å². The van der Waals surface area contributed by atoms with E-state index in [4.69, 9.17) is 23.7 Å². The number of rotatable bonds is 10. The molecule has 4 saturated heterocycles. The molecule has 242 valence electrons. The van der Waals surface area contributed by atoms with Gasteiger partial charge in [-0.1, -0.05) is 40.5 Å². The quantitative estimate of drug-likeness (QED) is 0.303. The molecule has 4 fully saturated rings. The molecule has 4 bridgehead atoms. The second-order valence-corrected chi connectivity index (χ2v) is 13.6. The highest BCUT2D eigenvalue weighted by molar-refractivity contribution is 5.73. The van der Waals surface area contributed by atoms with Crippen LogP contribution in [0.4, 0.5) is 0 Å². The minimum absolute atomic E-state index is 0.0117. The summed E-state index contributed by atoms with van der Waals surface area (Å²) in [6.45, 7) is 10.5. The third kappa shape index (κ3) is 8.70. The summed E-state index contributed by atoms with van der Waals surface area (Å²) in [6, 6.07) is 0.463. The Kier molecular flexibility index (Phi) is 13.0. The van der Waals surface area contributed by atoms with Crippen LogP contribution in [0.3, 0.4) is 0 Å². The van der Waals surface area contributed by atoms with Crippen LogP contribution in [0, 0.1) is 17.8 Å². The van der Waals surface area contributed by atoms with E-state index in [-0.39, 0.29) is 78.5 Å². The first-order valence-corrected chi connectivity index (χ1v) is 17.3. The number of hydrogen-bond donors (Lipinski definition) is 1. The lowest BCUT2D eigenvalue weighted by atomic mass is 9.90. The van der Waals surface area contributed by atoms with Crippen LogP contribution in [0.1, 0.15) is 125 Å². The number of hydrogen-bond acceptors (Lipinski definition) is 8. The molecule has 0 aromatic carbocycles. The van der Waals surface area contributed by atoms with Crippen molar-refractivity contribution in [3.8, 4) is 0 Å². The molecule has 8 nitrogen and oxygen atoms in total. The number of fused-ring (bicyclic) bond motifs is 4. The molecule has 0 radical (unpaired) electrons. The normalized spacial score (nSPS) is 39.6. The van der Waals surface area contributed by atoms with E-state index < -0.39 is 0 Å². The average Bonchev–Trinajstić information content (AvgIpc) is 3.74. The molecule has 1 N–H and O–H groups in total. The van der Waals surface area contributed by atoms with Gasteiger partial charge in [-0.3, -0.25) is 9.59 Å². The summed E-state index contributed by atoms with van der Waals surface area (Å²) in [5.74, 6) is -0.906. The lowest BCUT2D eigenvalue weighted by Gasteiger charge is -2.32. The Morgan fingerprint density at radius 1 is 0.786 bits per heavy atom. The highest BCUT2D eigenvalue weighted by atomic mass is 16.6. The molecule has 0 unspecified atom stereocenters. The van der Waals surface area contributed by atoms with Gasteiger partial charge in [-0.05, 0) is 78.2 Å². The third-order valence-electron chi connectivity index (χ3n) is 10.5. The molecule has 0 aromatic heterocycles. The van der Waals surface area contributed by atoms with Gasteiger partial charge in [0.2, 0.25) is 0 Å². The molecule has 4 aliphatic heterocycles. The van der Waals surface area contributed by atoms with E-state index in [9.17, 15) is 9.59 Å². The molecule has 0 aliphatic carbocycles. The van der Waals surface area contributed by atoms with Crippen LogP contribution in [-0.2, 0) is 33.3 Å². The summed E-state index contributed by atoms with van der Waals surface area (Å²) in [5.41, 5.74) is 0. The van der Waals surface area contributed by atoms with Crippen molar-refractivity contribution in [3.05, 3.63) is 0 Å². The van der Waals surface area contributed by atoms with Gasteiger partial charge in [0.05, 0.1) is 48.5 Å². The highest BCUT2D eigenvalue weighted by Crippen LogP contribution is 2.37. The van der Waals surface area contributed by atoms with Crippen molar-refractivity contribution < 1.29 is 33.3 Å². The topological polar surface area (TPSA) is 92.3 Å². The number of ether oxygens (including phenoxy) is 5. The Morgan fingerprint density at radius 3 is 2.19 bits per heavy atom. The molecule has 8 heteroatoms. The number of carbonyl (C=O) groups excluding carboxylic acids is 2. The first-order valence-electron chi connectivity index (χ1n) is 17.3. The van der Waals surface area contributed by atoms with Crippen molar-refractivity contribution in [3.63, 3.8) is 0 Å². The van der Waals surface area contributed by atoms with Crippen LogP contribution in [-0.4, -0.2) is 73.9 Å². The number of carbonyl (C=O) groups is 2. The molecule has 0 spiro atoms. The van der Waals surface area contributed by atoms with Gasteiger partial charge in [0.1, 0.15) is 12.2 Å². The zero-order chi connectivity index (χ0) is 30.2. The largest absolute Gasteiger partial charge is 0.462 e. The Bertz CT molecular complexity index is 854. The first kappa shape index (κ1) is 33.7. The van der Waals surface area contributed by atoms with E-state index in [2.05, 4.69) is 26.1 Å². The van der Waals surface area contributed by atoms with Crippen LogP contribution in [0.15, 0.2) is 0 Å². The molecular weight excluding hydrogens is 534 g/mol. The van der Waals surface area contributed by atoms with E-state index in [0.29, 0.717) is 25.3 Å². The van der Waals surface area contributed by atoms with E-state index in [1.807, 2.05) is 20.9 Å². The van der Waals surface area contributed by atoms with Crippen LogP contribution in [0.5, 0.6) is 0 Å². The minimum atomic E-state index is -0.353. The molecule has 0 amide bonds.